The fraction of sp³-hybridized carbons (Fsp3) is 0.333. The Hall–Kier alpha value is -1.70. The van der Waals surface area contributed by atoms with Crippen molar-refractivity contribution in [2.75, 3.05) is 5.43 Å². The molecule has 1 fully saturated rings. The van der Waals surface area contributed by atoms with Crippen molar-refractivity contribution in [1.82, 2.24) is 4.68 Å². The van der Waals surface area contributed by atoms with E-state index in [-0.39, 0.29) is 0 Å². The van der Waals surface area contributed by atoms with Gasteiger partial charge in [-0.2, -0.15) is 0 Å². The van der Waals surface area contributed by atoms with Gasteiger partial charge in [-0.05, 0) is 43.4 Å². The zero-order valence-electron chi connectivity index (χ0n) is 10.1. The third-order valence-electron chi connectivity index (χ3n) is 3.62. The number of aromatic nitrogens is 1. The molecule has 0 bridgehead atoms. The molecule has 1 aliphatic rings. The summed E-state index contributed by atoms with van der Waals surface area (Å²) in [7, 11) is 0. The van der Waals surface area contributed by atoms with Gasteiger partial charge in [-0.3, -0.25) is 4.68 Å². The summed E-state index contributed by atoms with van der Waals surface area (Å²) in [4.78, 5) is 0. The normalized spacial score (nSPS) is 23.1. The number of hydrogen-bond acceptors (Lipinski definition) is 1. The van der Waals surface area contributed by atoms with Gasteiger partial charge in [0.05, 0.1) is 0 Å². The molecule has 2 aromatic rings. The molecule has 1 saturated carbocycles. The van der Waals surface area contributed by atoms with Crippen LogP contribution in [0.4, 0.5) is 0 Å². The van der Waals surface area contributed by atoms with Crippen molar-refractivity contribution in [3.63, 3.8) is 0 Å². The van der Waals surface area contributed by atoms with E-state index in [1.54, 1.807) is 0 Å². The molecular formula is C15H18N2. The summed E-state index contributed by atoms with van der Waals surface area (Å²) in [6.07, 6.45) is 6.58. The predicted octanol–water partition coefficient (Wildman–Crippen LogP) is 3.29. The smallest absolute Gasteiger partial charge is 0.0436 e. The maximum absolute atomic E-state index is 3.49. The SMILES string of the molecule is Cc1ccc(C2CC(Nn3cccc3)C2)cc1. The predicted molar refractivity (Wildman–Crippen MR) is 70.7 cm³/mol. The molecule has 1 aliphatic carbocycles. The van der Waals surface area contributed by atoms with E-state index >= 15 is 0 Å². The molecule has 17 heavy (non-hydrogen) atoms. The van der Waals surface area contributed by atoms with Crippen LogP contribution in [0.1, 0.15) is 29.9 Å². The molecular weight excluding hydrogens is 208 g/mol. The van der Waals surface area contributed by atoms with Gasteiger partial charge < -0.3 is 5.43 Å². The molecule has 0 aliphatic heterocycles. The molecule has 1 heterocycles. The number of nitrogens with one attached hydrogen (secondary N) is 1. The molecule has 1 aromatic carbocycles. The lowest BCUT2D eigenvalue weighted by Crippen LogP contribution is -2.38. The second kappa shape index (κ2) is 4.28. The average Bonchev–Trinajstić information content (AvgIpc) is 2.77. The van der Waals surface area contributed by atoms with Crippen LogP contribution in [0.25, 0.3) is 0 Å². The fourth-order valence-corrected chi connectivity index (χ4v) is 2.47. The van der Waals surface area contributed by atoms with Crippen molar-refractivity contribution >= 4 is 0 Å². The third-order valence-corrected chi connectivity index (χ3v) is 3.62. The number of aryl methyl sites for hydroxylation is 1. The van der Waals surface area contributed by atoms with Crippen LogP contribution in [0.2, 0.25) is 0 Å². The minimum absolute atomic E-state index is 0.619. The maximum Gasteiger partial charge on any atom is 0.0436 e. The molecule has 2 heteroatoms. The molecule has 0 amide bonds. The Balaban J connectivity index is 1.56. The Labute approximate surface area is 102 Å². The first kappa shape index (κ1) is 10.5. The molecule has 0 radical (unpaired) electrons. The van der Waals surface area contributed by atoms with Gasteiger partial charge >= 0.3 is 0 Å². The van der Waals surface area contributed by atoms with Crippen molar-refractivity contribution in [3.05, 3.63) is 59.9 Å². The highest BCUT2D eigenvalue weighted by atomic mass is 15.4. The first-order valence-corrected chi connectivity index (χ1v) is 6.27. The summed E-state index contributed by atoms with van der Waals surface area (Å²) >= 11 is 0. The first-order valence-electron chi connectivity index (χ1n) is 6.27. The van der Waals surface area contributed by atoms with Crippen LogP contribution in [-0.4, -0.2) is 10.7 Å². The quantitative estimate of drug-likeness (QED) is 0.849. The van der Waals surface area contributed by atoms with Gasteiger partial charge in [-0.15, -0.1) is 0 Å². The van der Waals surface area contributed by atoms with Gasteiger partial charge in [-0.1, -0.05) is 29.8 Å². The Morgan fingerprint density at radius 3 is 2.35 bits per heavy atom. The van der Waals surface area contributed by atoms with Gasteiger partial charge in [0.25, 0.3) is 0 Å². The zero-order chi connectivity index (χ0) is 11.7. The number of rotatable bonds is 3. The summed E-state index contributed by atoms with van der Waals surface area (Å²) in [6.45, 7) is 2.14. The lowest BCUT2D eigenvalue weighted by Gasteiger charge is -2.37. The zero-order valence-corrected chi connectivity index (χ0v) is 10.1. The van der Waals surface area contributed by atoms with Crippen LogP contribution >= 0.6 is 0 Å². The summed E-state index contributed by atoms with van der Waals surface area (Å²) in [6, 6.07) is 13.7. The van der Waals surface area contributed by atoms with E-state index in [0.29, 0.717) is 6.04 Å². The maximum atomic E-state index is 3.49. The molecule has 1 aromatic heterocycles. The van der Waals surface area contributed by atoms with Crippen LogP contribution in [0.3, 0.4) is 0 Å². The summed E-state index contributed by atoms with van der Waals surface area (Å²) in [5.74, 6) is 0.740. The van der Waals surface area contributed by atoms with Crippen molar-refractivity contribution in [2.45, 2.75) is 31.7 Å². The van der Waals surface area contributed by atoms with E-state index in [2.05, 4.69) is 53.7 Å². The Morgan fingerprint density at radius 1 is 1.06 bits per heavy atom. The number of nitrogens with zero attached hydrogens (tertiary/aromatic N) is 1. The van der Waals surface area contributed by atoms with Crippen molar-refractivity contribution in [1.29, 1.82) is 0 Å². The average molecular weight is 226 g/mol. The minimum atomic E-state index is 0.619. The van der Waals surface area contributed by atoms with Crippen LogP contribution in [0.5, 0.6) is 0 Å². The monoisotopic (exact) mass is 226 g/mol. The van der Waals surface area contributed by atoms with E-state index in [0.717, 1.165) is 5.92 Å². The molecule has 3 rings (SSSR count). The second-order valence-electron chi connectivity index (χ2n) is 5.00. The Kier molecular flexibility index (Phi) is 2.63. The topological polar surface area (TPSA) is 17.0 Å². The lowest BCUT2D eigenvalue weighted by atomic mass is 9.76. The lowest BCUT2D eigenvalue weighted by molar-refractivity contribution is 0.352. The van der Waals surface area contributed by atoms with Crippen LogP contribution in [0, 0.1) is 6.92 Å². The van der Waals surface area contributed by atoms with Crippen molar-refractivity contribution in [3.8, 4) is 0 Å². The van der Waals surface area contributed by atoms with E-state index in [1.165, 1.54) is 24.0 Å². The molecule has 1 N–H and O–H groups in total. The van der Waals surface area contributed by atoms with Gasteiger partial charge in [0.2, 0.25) is 0 Å². The summed E-state index contributed by atoms with van der Waals surface area (Å²) < 4.78 is 2.05. The molecule has 0 unspecified atom stereocenters. The number of hydrogen-bond donors (Lipinski definition) is 1. The summed E-state index contributed by atoms with van der Waals surface area (Å²) in [5.41, 5.74) is 6.32. The first-order chi connectivity index (χ1) is 8.31. The minimum Gasteiger partial charge on any atom is -0.323 e. The number of benzene rings is 1. The highest BCUT2D eigenvalue weighted by Crippen LogP contribution is 2.37. The molecule has 88 valence electrons. The summed E-state index contributed by atoms with van der Waals surface area (Å²) in [5, 5.41) is 0. The second-order valence-corrected chi connectivity index (χ2v) is 5.00. The highest BCUT2D eigenvalue weighted by molar-refractivity contribution is 5.27. The highest BCUT2D eigenvalue weighted by Gasteiger charge is 2.30. The van der Waals surface area contributed by atoms with E-state index < -0.39 is 0 Å². The van der Waals surface area contributed by atoms with Crippen LogP contribution < -0.4 is 5.43 Å². The van der Waals surface area contributed by atoms with Crippen LogP contribution in [-0.2, 0) is 0 Å². The van der Waals surface area contributed by atoms with Crippen molar-refractivity contribution in [2.24, 2.45) is 0 Å². The van der Waals surface area contributed by atoms with E-state index in [9.17, 15) is 0 Å². The van der Waals surface area contributed by atoms with E-state index in [4.69, 9.17) is 0 Å². The molecule has 0 atom stereocenters. The molecule has 0 saturated heterocycles. The van der Waals surface area contributed by atoms with Crippen molar-refractivity contribution < 1.29 is 0 Å². The standard InChI is InChI=1S/C15H18N2/c1-12-4-6-13(7-5-12)14-10-15(11-14)16-17-8-2-3-9-17/h2-9,14-16H,10-11H2,1H3. The van der Waals surface area contributed by atoms with Crippen LogP contribution in [0.15, 0.2) is 48.8 Å². The Bertz CT molecular complexity index is 464. The largest absolute Gasteiger partial charge is 0.323 e. The molecule has 0 spiro atoms. The van der Waals surface area contributed by atoms with Gasteiger partial charge in [0, 0.05) is 18.4 Å². The Morgan fingerprint density at radius 2 is 1.71 bits per heavy atom. The van der Waals surface area contributed by atoms with E-state index in [1.807, 2.05) is 12.1 Å². The molecule has 2 nitrogen and oxygen atoms in total. The van der Waals surface area contributed by atoms with Gasteiger partial charge in [-0.25, -0.2) is 0 Å². The van der Waals surface area contributed by atoms with Gasteiger partial charge in [0.15, 0.2) is 0 Å². The van der Waals surface area contributed by atoms with Gasteiger partial charge in [0.1, 0.15) is 0 Å². The fourth-order valence-electron chi connectivity index (χ4n) is 2.47. The third kappa shape index (κ3) is 2.21.